The first-order chi connectivity index (χ1) is 11.2. The van der Waals surface area contributed by atoms with Crippen molar-refractivity contribution < 1.29 is 9.90 Å². The molecule has 0 spiro atoms. The summed E-state index contributed by atoms with van der Waals surface area (Å²) in [5.41, 5.74) is 3.52. The van der Waals surface area contributed by atoms with Gasteiger partial charge in [-0.2, -0.15) is 0 Å². The molecule has 0 radical (unpaired) electrons. The first-order valence-corrected chi connectivity index (χ1v) is 7.15. The molecule has 3 aromatic rings. The Balaban J connectivity index is 1.76. The highest BCUT2D eigenvalue weighted by Crippen LogP contribution is 2.23. The Morgan fingerprint density at radius 3 is 2.61 bits per heavy atom. The van der Waals surface area contributed by atoms with Crippen LogP contribution in [0.3, 0.4) is 0 Å². The molecule has 114 valence electrons. The van der Waals surface area contributed by atoms with E-state index in [9.17, 15) is 9.90 Å². The SMILES string of the molecule is O=C(O)c1ccccc1-c1ccc(CNc2cccnc2)nc1. The molecule has 0 aliphatic carbocycles. The van der Waals surface area contributed by atoms with Gasteiger partial charge in [-0.15, -0.1) is 0 Å². The number of aromatic carboxylic acids is 1. The van der Waals surface area contributed by atoms with Crippen LogP contribution >= 0.6 is 0 Å². The summed E-state index contributed by atoms with van der Waals surface area (Å²) < 4.78 is 0. The van der Waals surface area contributed by atoms with E-state index in [0.29, 0.717) is 12.1 Å². The molecule has 0 bridgehead atoms. The van der Waals surface area contributed by atoms with Gasteiger partial charge in [0.15, 0.2) is 0 Å². The van der Waals surface area contributed by atoms with Crippen LogP contribution in [0.4, 0.5) is 5.69 Å². The van der Waals surface area contributed by atoms with Crippen LogP contribution in [0.15, 0.2) is 67.1 Å². The van der Waals surface area contributed by atoms with Gasteiger partial charge in [-0.05, 0) is 29.8 Å². The van der Waals surface area contributed by atoms with Crippen molar-refractivity contribution in [2.24, 2.45) is 0 Å². The third-order valence-electron chi connectivity index (χ3n) is 3.43. The molecule has 0 amide bonds. The maximum atomic E-state index is 11.3. The van der Waals surface area contributed by atoms with E-state index in [2.05, 4.69) is 15.3 Å². The number of carbonyl (C=O) groups is 1. The van der Waals surface area contributed by atoms with Crippen LogP contribution in [0, 0.1) is 0 Å². The Morgan fingerprint density at radius 1 is 1.04 bits per heavy atom. The zero-order chi connectivity index (χ0) is 16.1. The molecule has 0 fully saturated rings. The highest BCUT2D eigenvalue weighted by atomic mass is 16.4. The van der Waals surface area contributed by atoms with Crippen molar-refractivity contribution in [3.8, 4) is 11.1 Å². The van der Waals surface area contributed by atoms with Crippen molar-refractivity contribution in [3.63, 3.8) is 0 Å². The Morgan fingerprint density at radius 2 is 1.91 bits per heavy atom. The lowest BCUT2D eigenvalue weighted by atomic mass is 10.0. The van der Waals surface area contributed by atoms with Gasteiger partial charge in [0.1, 0.15) is 0 Å². The van der Waals surface area contributed by atoms with Crippen LogP contribution < -0.4 is 5.32 Å². The molecule has 1 aromatic carbocycles. The molecule has 2 N–H and O–H groups in total. The third kappa shape index (κ3) is 3.52. The van der Waals surface area contributed by atoms with Crippen molar-refractivity contribution in [3.05, 3.63) is 78.4 Å². The predicted octanol–water partition coefficient (Wildman–Crippen LogP) is 3.45. The number of benzene rings is 1. The Labute approximate surface area is 133 Å². The van der Waals surface area contributed by atoms with Crippen molar-refractivity contribution >= 4 is 11.7 Å². The van der Waals surface area contributed by atoms with E-state index in [1.54, 1.807) is 36.8 Å². The zero-order valence-corrected chi connectivity index (χ0v) is 12.3. The van der Waals surface area contributed by atoms with Gasteiger partial charge in [0.05, 0.1) is 23.5 Å². The van der Waals surface area contributed by atoms with Crippen LogP contribution in [-0.4, -0.2) is 21.0 Å². The molecule has 0 saturated carbocycles. The molecular formula is C18H15N3O2. The number of aromatic nitrogens is 2. The Hall–Kier alpha value is -3.21. The molecule has 5 heteroatoms. The molecule has 3 rings (SSSR count). The average molecular weight is 305 g/mol. The van der Waals surface area contributed by atoms with Gasteiger partial charge in [0.2, 0.25) is 0 Å². The van der Waals surface area contributed by atoms with E-state index in [0.717, 1.165) is 16.9 Å². The fourth-order valence-electron chi connectivity index (χ4n) is 2.27. The molecule has 23 heavy (non-hydrogen) atoms. The second kappa shape index (κ2) is 6.70. The molecule has 0 saturated heterocycles. The molecule has 0 unspecified atom stereocenters. The normalized spacial score (nSPS) is 10.3. The molecular weight excluding hydrogens is 290 g/mol. The summed E-state index contributed by atoms with van der Waals surface area (Å²) in [4.78, 5) is 19.7. The largest absolute Gasteiger partial charge is 0.478 e. The number of nitrogens with one attached hydrogen (secondary N) is 1. The number of anilines is 1. The van der Waals surface area contributed by atoms with Gasteiger partial charge in [0.25, 0.3) is 0 Å². The van der Waals surface area contributed by atoms with Crippen molar-refractivity contribution in [2.45, 2.75) is 6.54 Å². The minimum absolute atomic E-state index is 0.274. The highest BCUT2D eigenvalue weighted by Gasteiger charge is 2.10. The monoisotopic (exact) mass is 305 g/mol. The average Bonchev–Trinajstić information content (AvgIpc) is 2.61. The van der Waals surface area contributed by atoms with Gasteiger partial charge in [-0.3, -0.25) is 9.97 Å². The van der Waals surface area contributed by atoms with Crippen LogP contribution in [0.1, 0.15) is 16.1 Å². The number of pyridine rings is 2. The van der Waals surface area contributed by atoms with Crippen LogP contribution in [0.2, 0.25) is 0 Å². The van der Waals surface area contributed by atoms with E-state index in [4.69, 9.17) is 0 Å². The maximum absolute atomic E-state index is 11.3. The van der Waals surface area contributed by atoms with Gasteiger partial charge < -0.3 is 10.4 Å². The fourth-order valence-corrected chi connectivity index (χ4v) is 2.27. The van der Waals surface area contributed by atoms with Gasteiger partial charge >= 0.3 is 5.97 Å². The minimum Gasteiger partial charge on any atom is -0.478 e. The van der Waals surface area contributed by atoms with E-state index in [1.165, 1.54) is 0 Å². The molecule has 2 aromatic heterocycles. The predicted molar refractivity (Wildman–Crippen MR) is 88.2 cm³/mol. The number of nitrogens with zero attached hydrogens (tertiary/aromatic N) is 2. The van der Waals surface area contributed by atoms with Crippen LogP contribution in [0.25, 0.3) is 11.1 Å². The van der Waals surface area contributed by atoms with E-state index < -0.39 is 5.97 Å². The molecule has 0 atom stereocenters. The maximum Gasteiger partial charge on any atom is 0.336 e. The molecule has 0 aliphatic rings. The number of carboxylic acids is 1. The summed E-state index contributed by atoms with van der Waals surface area (Å²) in [5.74, 6) is -0.942. The Bertz CT molecular complexity index is 802. The summed E-state index contributed by atoms with van der Waals surface area (Å²) in [5, 5.41) is 12.5. The summed E-state index contributed by atoms with van der Waals surface area (Å²) in [6.07, 6.45) is 5.16. The highest BCUT2D eigenvalue weighted by molar-refractivity contribution is 5.95. The smallest absolute Gasteiger partial charge is 0.336 e. The summed E-state index contributed by atoms with van der Waals surface area (Å²) >= 11 is 0. The second-order valence-electron chi connectivity index (χ2n) is 4.98. The summed E-state index contributed by atoms with van der Waals surface area (Å²) in [6.45, 7) is 0.576. The fraction of sp³-hybridized carbons (Fsp3) is 0.0556. The van der Waals surface area contributed by atoms with Crippen molar-refractivity contribution in [1.82, 2.24) is 9.97 Å². The number of hydrogen-bond acceptors (Lipinski definition) is 4. The van der Waals surface area contributed by atoms with Crippen LogP contribution in [0.5, 0.6) is 0 Å². The number of carboxylic acid groups (broad SMARTS) is 1. The van der Waals surface area contributed by atoms with E-state index in [1.807, 2.05) is 30.3 Å². The van der Waals surface area contributed by atoms with Gasteiger partial charge in [-0.25, -0.2) is 4.79 Å². The van der Waals surface area contributed by atoms with Gasteiger partial charge in [0, 0.05) is 24.2 Å². The molecule has 0 aliphatic heterocycles. The number of hydrogen-bond donors (Lipinski definition) is 2. The summed E-state index contributed by atoms with van der Waals surface area (Å²) in [6, 6.07) is 14.5. The quantitative estimate of drug-likeness (QED) is 0.755. The third-order valence-corrected chi connectivity index (χ3v) is 3.43. The lowest BCUT2D eigenvalue weighted by Crippen LogP contribution is -2.02. The standard InChI is InChI=1S/C18H15N3O2/c22-18(23)17-6-2-1-5-16(17)13-7-8-15(20-10-13)12-21-14-4-3-9-19-11-14/h1-11,21H,12H2,(H,22,23). The lowest BCUT2D eigenvalue weighted by Gasteiger charge is -2.08. The van der Waals surface area contributed by atoms with Gasteiger partial charge in [-0.1, -0.05) is 24.3 Å². The molecule has 2 heterocycles. The van der Waals surface area contributed by atoms with E-state index >= 15 is 0 Å². The minimum atomic E-state index is -0.942. The first kappa shape index (κ1) is 14.7. The Kier molecular flexibility index (Phi) is 4.29. The van der Waals surface area contributed by atoms with Crippen molar-refractivity contribution in [2.75, 3.05) is 5.32 Å². The summed E-state index contributed by atoms with van der Waals surface area (Å²) in [7, 11) is 0. The first-order valence-electron chi connectivity index (χ1n) is 7.15. The van der Waals surface area contributed by atoms with Crippen LogP contribution in [-0.2, 0) is 6.54 Å². The van der Waals surface area contributed by atoms with E-state index in [-0.39, 0.29) is 5.56 Å². The molecule has 5 nitrogen and oxygen atoms in total. The second-order valence-corrected chi connectivity index (χ2v) is 4.98. The topological polar surface area (TPSA) is 75.1 Å². The zero-order valence-electron chi connectivity index (χ0n) is 12.3. The number of rotatable bonds is 5. The lowest BCUT2D eigenvalue weighted by molar-refractivity contribution is 0.0697. The van der Waals surface area contributed by atoms with Crippen molar-refractivity contribution in [1.29, 1.82) is 0 Å².